The first-order valence-electron chi connectivity index (χ1n) is 6.85. The van der Waals surface area contributed by atoms with Crippen molar-refractivity contribution in [2.75, 3.05) is 6.61 Å². The maximum Gasteiger partial charge on any atom is 0.326 e. The lowest BCUT2D eigenvalue weighted by Crippen LogP contribution is -2.40. The molecule has 1 unspecified atom stereocenters. The number of rotatable bonds is 9. The molecule has 5 heteroatoms. The number of nitrogens with one attached hydrogen (secondary N) is 1. The van der Waals surface area contributed by atoms with Gasteiger partial charge in [-0.1, -0.05) is 23.8 Å². The van der Waals surface area contributed by atoms with Gasteiger partial charge in [-0.15, -0.1) is 6.58 Å². The first-order chi connectivity index (χ1) is 10.0. The van der Waals surface area contributed by atoms with Crippen LogP contribution in [0, 0.1) is 6.92 Å². The molecule has 0 aliphatic heterocycles. The minimum absolute atomic E-state index is 0.209. The van der Waals surface area contributed by atoms with Gasteiger partial charge >= 0.3 is 5.97 Å². The topological polar surface area (TPSA) is 75.6 Å². The third kappa shape index (κ3) is 6.61. The van der Waals surface area contributed by atoms with Crippen molar-refractivity contribution in [3.8, 4) is 5.75 Å². The second-order valence-corrected chi connectivity index (χ2v) is 4.75. The van der Waals surface area contributed by atoms with Gasteiger partial charge < -0.3 is 15.2 Å². The molecule has 0 bridgehead atoms. The Balaban J connectivity index is 2.25. The molecular weight excluding hydrogens is 270 g/mol. The summed E-state index contributed by atoms with van der Waals surface area (Å²) in [6.07, 6.45) is 2.44. The van der Waals surface area contributed by atoms with Crippen molar-refractivity contribution in [2.45, 2.75) is 32.2 Å². The van der Waals surface area contributed by atoms with E-state index in [0.717, 1.165) is 11.3 Å². The van der Waals surface area contributed by atoms with Crippen LogP contribution in [0.1, 0.15) is 24.8 Å². The second kappa shape index (κ2) is 8.79. The first kappa shape index (κ1) is 16.8. The van der Waals surface area contributed by atoms with Crippen LogP contribution in [0.15, 0.2) is 36.9 Å². The molecule has 114 valence electrons. The van der Waals surface area contributed by atoms with Crippen molar-refractivity contribution < 1.29 is 19.4 Å². The van der Waals surface area contributed by atoms with E-state index in [-0.39, 0.29) is 18.7 Å². The van der Waals surface area contributed by atoms with E-state index in [9.17, 15) is 9.59 Å². The summed E-state index contributed by atoms with van der Waals surface area (Å²) in [5.41, 5.74) is 1.16. The molecule has 1 aromatic carbocycles. The highest BCUT2D eigenvalue weighted by molar-refractivity contribution is 5.83. The Morgan fingerprint density at radius 1 is 1.38 bits per heavy atom. The summed E-state index contributed by atoms with van der Waals surface area (Å²) in [5, 5.41) is 11.4. The van der Waals surface area contributed by atoms with Crippen LogP contribution in [-0.2, 0) is 9.59 Å². The maximum absolute atomic E-state index is 11.6. The number of hydrogen-bond acceptors (Lipinski definition) is 3. The molecule has 1 rings (SSSR count). The van der Waals surface area contributed by atoms with Gasteiger partial charge in [-0.25, -0.2) is 4.79 Å². The molecule has 0 saturated heterocycles. The van der Waals surface area contributed by atoms with E-state index in [4.69, 9.17) is 9.84 Å². The fourth-order valence-electron chi connectivity index (χ4n) is 1.71. The lowest BCUT2D eigenvalue weighted by Gasteiger charge is -2.12. The zero-order valence-electron chi connectivity index (χ0n) is 12.2. The molecule has 0 fully saturated rings. The van der Waals surface area contributed by atoms with Crippen LogP contribution < -0.4 is 10.1 Å². The van der Waals surface area contributed by atoms with Gasteiger partial charge in [0.05, 0.1) is 6.61 Å². The summed E-state index contributed by atoms with van der Waals surface area (Å²) >= 11 is 0. The van der Waals surface area contributed by atoms with Crippen molar-refractivity contribution in [3.63, 3.8) is 0 Å². The SMILES string of the molecule is C=CCC(NC(=O)CCCOc1ccc(C)cc1)C(=O)O. The number of carboxylic acid groups (broad SMARTS) is 1. The number of aliphatic carboxylic acids is 1. The average molecular weight is 291 g/mol. The van der Waals surface area contributed by atoms with Gasteiger partial charge in [-0.05, 0) is 31.9 Å². The predicted octanol–water partition coefficient (Wildman–Crippen LogP) is 2.30. The Kier molecular flexibility index (Phi) is 7.01. The van der Waals surface area contributed by atoms with E-state index in [1.54, 1.807) is 0 Å². The maximum atomic E-state index is 11.6. The van der Waals surface area contributed by atoms with E-state index in [0.29, 0.717) is 13.0 Å². The second-order valence-electron chi connectivity index (χ2n) is 4.75. The molecule has 0 heterocycles. The van der Waals surface area contributed by atoms with E-state index >= 15 is 0 Å². The fourth-order valence-corrected chi connectivity index (χ4v) is 1.71. The van der Waals surface area contributed by atoms with Crippen molar-refractivity contribution >= 4 is 11.9 Å². The van der Waals surface area contributed by atoms with E-state index < -0.39 is 12.0 Å². The third-order valence-electron chi connectivity index (χ3n) is 2.87. The lowest BCUT2D eigenvalue weighted by atomic mass is 10.2. The number of aryl methyl sites for hydroxylation is 1. The van der Waals surface area contributed by atoms with Gasteiger partial charge in [-0.3, -0.25) is 4.79 Å². The molecule has 1 aromatic rings. The number of carboxylic acids is 1. The summed E-state index contributed by atoms with van der Waals surface area (Å²) < 4.78 is 5.50. The summed E-state index contributed by atoms with van der Waals surface area (Å²) in [7, 11) is 0. The quantitative estimate of drug-likeness (QED) is 0.541. The molecule has 0 aliphatic carbocycles. The number of benzene rings is 1. The largest absolute Gasteiger partial charge is 0.494 e. The molecule has 0 spiro atoms. The molecule has 0 aliphatic rings. The molecule has 0 radical (unpaired) electrons. The number of ether oxygens (including phenoxy) is 1. The van der Waals surface area contributed by atoms with Crippen molar-refractivity contribution in [1.82, 2.24) is 5.32 Å². The van der Waals surface area contributed by atoms with Gasteiger partial charge in [0.1, 0.15) is 11.8 Å². The first-order valence-corrected chi connectivity index (χ1v) is 6.85. The van der Waals surface area contributed by atoms with Gasteiger partial charge in [0, 0.05) is 6.42 Å². The number of amides is 1. The predicted molar refractivity (Wildman–Crippen MR) is 80.3 cm³/mol. The summed E-state index contributed by atoms with van der Waals surface area (Å²) in [6, 6.07) is 6.75. The number of carbonyl (C=O) groups excluding carboxylic acids is 1. The van der Waals surface area contributed by atoms with Crippen LogP contribution in [0.3, 0.4) is 0 Å². The van der Waals surface area contributed by atoms with Gasteiger partial charge in [0.2, 0.25) is 5.91 Å². The highest BCUT2D eigenvalue weighted by Crippen LogP contribution is 2.11. The minimum atomic E-state index is -1.06. The highest BCUT2D eigenvalue weighted by Gasteiger charge is 2.17. The highest BCUT2D eigenvalue weighted by atomic mass is 16.5. The Hall–Kier alpha value is -2.30. The van der Waals surface area contributed by atoms with Crippen LogP contribution in [0.2, 0.25) is 0 Å². The molecule has 1 atom stereocenters. The normalized spacial score (nSPS) is 11.5. The minimum Gasteiger partial charge on any atom is -0.494 e. The Bertz CT molecular complexity index is 482. The molecule has 1 amide bonds. The molecule has 0 saturated carbocycles. The van der Waals surface area contributed by atoms with Gasteiger partial charge in [-0.2, -0.15) is 0 Å². The van der Waals surface area contributed by atoms with Crippen LogP contribution >= 0.6 is 0 Å². The Morgan fingerprint density at radius 2 is 2.05 bits per heavy atom. The molecule has 5 nitrogen and oxygen atoms in total. The lowest BCUT2D eigenvalue weighted by molar-refractivity contribution is -0.141. The fraction of sp³-hybridized carbons (Fsp3) is 0.375. The summed E-state index contributed by atoms with van der Waals surface area (Å²) in [6.45, 7) is 5.88. The Morgan fingerprint density at radius 3 is 2.62 bits per heavy atom. The average Bonchev–Trinajstić information content (AvgIpc) is 2.45. The zero-order valence-corrected chi connectivity index (χ0v) is 12.2. The van der Waals surface area contributed by atoms with Gasteiger partial charge in [0.15, 0.2) is 0 Å². The van der Waals surface area contributed by atoms with E-state index in [1.165, 1.54) is 6.08 Å². The van der Waals surface area contributed by atoms with Crippen LogP contribution in [0.4, 0.5) is 0 Å². The third-order valence-corrected chi connectivity index (χ3v) is 2.87. The summed E-state index contributed by atoms with van der Waals surface area (Å²) in [4.78, 5) is 22.5. The van der Waals surface area contributed by atoms with Crippen LogP contribution in [0.25, 0.3) is 0 Å². The van der Waals surface area contributed by atoms with Gasteiger partial charge in [0.25, 0.3) is 0 Å². The van der Waals surface area contributed by atoms with Crippen LogP contribution in [-0.4, -0.2) is 29.6 Å². The summed E-state index contributed by atoms with van der Waals surface area (Å²) in [5.74, 6) is -0.591. The van der Waals surface area contributed by atoms with E-state index in [2.05, 4.69) is 11.9 Å². The molecular formula is C16H21NO4. The van der Waals surface area contributed by atoms with E-state index in [1.807, 2.05) is 31.2 Å². The van der Waals surface area contributed by atoms with Crippen molar-refractivity contribution in [2.24, 2.45) is 0 Å². The smallest absolute Gasteiger partial charge is 0.326 e. The standard InChI is InChI=1S/C16H21NO4/c1-3-5-14(16(19)20)17-15(18)6-4-11-21-13-9-7-12(2)8-10-13/h3,7-10,14H,1,4-6,11H2,2H3,(H,17,18)(H,19,20). The monoisotopic (exact) mass is 291 g/mol. The Labute approximate surface area is 124 Å². The van der Waals surface area contributed by atoms with Crippen molar-refractivity contribution in [3.05, 3.63) is 42.5 Å². The molecule has 0 aromatic heterocycles. The van der Waals surface area contributed by atoms with Crippen molar-refractivity contribution in [1.29, 1.82) is 0 Å². The number of carbonyl (C=O) groups is 2. The van der Waals surface area contributed by atoms with Crippen LogP contribution in [0.5, 0.6) is 5.75 Å². The number of hydrogen-bond donors (Lipinski definition) is 2. The zero-order chi connectivity index (χ0) is 15.7. The molecule has 21 heavy (non-hydrogen) atoms. The molecule has 2 N–H and O–H groups in total.